The second kappa shape index (κ2) is 9.38. The number of hydrogen-bond donors (Lipinski definition) is 2. The highest BCUT2D eigenvalue weighted by molar-refractivity contribution is 7.90. The van der Waals surface area contributed by atoms with Crippen molar-refractivity contribution >= 4 is 39.1 Å². The first-order chi connectivity index (χ1) is 15.4. The van der Waals surface area contributed by atoms with Crippen LogP contribution in [0.15, 0.2) is 46.3 Å². The molecule has 8 nitrogen and oxygen atoms in total. The number of fused-ring (bicyclic) bond motifs is 2. The van der Waals surface area contributed by atoms with E-state index in [2.05, 4.69) is 15.0 Å². The van der Waals surface area contributed by atoms with Gasteiger partial charge in [-0.1, -0.05) is 43.5 Å². The third-order valence-corrected chi connectivity index (χ3v) is 6.89. The highest BCUT2D eigenvalue weighted by Crippen LogP contribution is 2.38. The van der Waals surface area contributed by atoms with Gasteiger partial charge in [0.15, 0.2) is 11.5 Å². The Morgan fingerprint density at radius 1 is 1.22 bits per heavy atom. The van der Waals surface area contributed by atoms with E-state index < -0.39 is 16.1 Å². The maximum absolute atomic E-state index is 13.1. The number of aliphatic imine (C=N–C) groups is 1. The minimum Gasteiger partial charge on any atom is -0.490 e. The Kier molecular flexibility index (Phi) is 6.57. The van der Waals surface area contributed by atoms with Crippen LogP contribution in [0.25, 0.3) is 0 Å². The Morgan fingerprint density at radius 3 is 2.69 bits per heavy atom. The number of sulfonamides is 1. The molecule has 0 saturated heterocycles. The summed E-state index contributed by atoms with van der Waals surface area (Å²) in [7, 11) is -3.69. The third-order valence-electron chi connectivity index (χ3n) is 5.18. The van der Waals surface area contributed by atoms with E-state index in [-0.39, 0.29) is 16.6 Å². The van der Waals surface area contributed by atoms with E-state index in [1.807, 2.05) is 6.92 Å². The van der Waals surface area contributed by atoms with Crippen molar-refractivity contribution in [3.05, 3.63) is 47.0 Å². The normalized spacial score (nSPS) is 18.4. The molecule has 0 fully saturated rings. The van der Waals surface area contributed by atoms with E-state index in [9.17, 15) is 13.2 Å². The molecule has 32 heavy (non-hydrogen) atoms. The van der Waals surface area contributed by atoms with Crippen LogP contribution in [-0.4, -0.2) is 39.4 Å². The first-order valence-corrected chi connectivity index (χ1v) is 12.3. The van der Waals surface area contributed by atoms with Crippen molar-refractivity contribution in [2.45, 2.75) is 43.5 Å². The molecular weight excluding hydrogens is 454 g/mol. The third kappa shape index (κ3) is 4.68. The largest absolute Gasteiger partial charge is 0.490 e. The molecule has 0 spiro atoms. The number of halogens is 1. The molecule has 0 aliphatic carbocycles. The number of amidine groups is 1. The van der Waals surface area contributed by atoms with Crippen molar-refractivity contribution in [3.8, 4) is 11.5 Å². The number of hydrogen-bond acceptors (Lipinski definition) is 6. The molecule has 170 valence electrons. The van der Waals surface area contributed by atoms with Gasteiger partial charge in [0.05, 0.1) is 28.8 Å². The maximum atomic E-state index is 13.1. The zero-order valence-electron chi connectivity index (χ0n) is 17.6. The second-order valence-electron chi connectivity index (χ2n) is 7.56. The van der Waals surface area contributed by atoms with Crippen molar-refractivity contribution in [1.29, 1.82) is 0 Å². The summed E-state index contributed by atoms with van der Waals surface area (Å²) in [5, 5.41) is 3.13. The Balaban J connectivity index is 1.61. The van der Waals surface area contributed by atoms with Crippen LogP contribution in [0.4, 0.5) is 5.69 Å². The lowest BCUT2D eigenvalue weighted by Crippen LogP contribution is -2.31. The van der Waals surface area contributed by atoms with Crippen molar-refractivity contribution < 1.29 is 22.7 Å². The van der Waals surface area contributed by atoms with Gasteiger partial charge in [-0.3, -0.25) is 14.5 Å². The molecule has 2 aromatic rings. The van der Waals surface area contributed by atoms with E-state index in [1.54, 1.807) is 30.3 Å². The standard InChI is InChI=1S/C22H24ClN3O5S/c1-2-3-8-16(24-21-14-7-4-5-9-20(14)32(28,29)26-21)22(27)25-17-13-19-18(12-15(17)23)30-10-6-11-31-19/h4-5,7,9,12-13,16H,2-3,6,8,10-11H2,1H3,(H,24,26)(H,25,27). The number of anilines is 1. The number of carbonyl (C=O) groups excluding carboxylic acids is 1. The van der Waals surface area contributed by atoms with Gasteiger partial charge in [-0.05, 0) is 18.6 Å². The lowest BCUT2D eigenvalue weighted by molar-refractivity contribution is -0.117. The minimum absolute atomic E-state index is 0.152. The van der Waals surface area contributed by atoms with Gasteiger partial charge in [0.1, 0.15) is 11.9 Å². The first kappa shape index (κ1) is 22.4. The summed E-state index contributed by atoms with van der Waals surface area (Å²) >= 11 is 6.36. The van der Waals surface area contributed by atoms with E-state index in [0.29, 0.717) is 47.4 Å². The molecule has 0 radical (unpaired) electrons. The predicted molar refractivity (Wildman–Crippen MR) is 122 cm³/mol. The average molecular weight is 478 g/mol. The molecule has 2 N–H and O–H groups in total. The van der Waals surface area contributed by atoms with E-state index in [0.717, 1.165) is 19.3 Å². The smallest absolute Gasteiger partial charge is 0.263 e. The maximum Gasteiger partial charge on any atom is 0.263 e. The number of nitrogens with one attached hydrogen (secondary N) is 2. The Labute approximate surface area is 192 Å². The van der Waals surface area contributed by atoms with Gasteiger partial charge in [-0.25, -0.2) is 8.42 Å². The summed E-state index contributed by atoms with van der Waals surface area (Å²) in [6.07, 6.45) is 2.82. The minimum atomic E-state index is -3.69. The number of nitrogens with zero attached hydrogens (tertiary/aromatic N) is 1. The summed E-state index contributed by atoms with van der Waals surface area (Å²) in [5.41, 5.74) is 0.838. The Hall–Kier alpha value is -2.78. The quantitative estimate of drug-likeness (QED) is 0.659. The number of unbranched alkanes of at least 4 members (excludes halogenated alkanes) is 1. The molecule has 0 bridgehead atoms. The lowest BCUT2D eigenvalue weighted by atomic mass is 10.1. The van der Waals surface area contributed by atoms with Crippen LogP contribution in [-0.2, 0) is 14.8 Å². The molecule has 2 heterocycles. The SMILES string of the molecule is CCCCC(N=C1NS(=O)(=O)c2ccccc21)C(=O)Nc1cc2c(cc1Cl)OCCCO2. The van der Waals surface area contributed by atoms with Crippen LogP contribution >= 0.6 is 11.6 Å². The van der Waals surface area contributed by atoms with Gasteiger partial charge in [0, 0.05) is 24.1 Å². The summed E-state index contributed by atoms with van der Waals surface area (Å²) in [5.74, 6) is 0.828. The fourth-order valence-electron chi connectivity index (χ4n) is 3.53. The highest BCUT2D eigenvalue weighted by atomic mass is 35.5. The van der Waals surface area contributed by atoms with Gasteiger partial charge >= 0.3 is 0 Å². The van der Waals surface area contributed by atoms with Crippen molar-refractivity contribution in [1.82, 2.24) is 4.72 Å². The van der Waals surface area contributed by atoms with Gasteiger partial charge in [-0.2, -0.15) is 0 Å². The molecule has 0 saturated carbocycles. The molecule has 2 aliphatic heterocycles. The molecule has 2 aromatic carbocycles. The Bertz CT molecular complexity index is 1170. The molecule has 4 rings (SSSR count). The number of amides is 1. The fraction of sp³-hybridized carbons (Fsp3) is 0.364. The second-order valence-corrected chi connectivity index (χ2v) is 9.61. The molecular formula is C22H24ClN3O5S. The summed E-state index contributed by atoms with van der Waals surface area (Å²) < 4.78 is 38.6. The summed E-state index contributed by atoms with van der Waals surface area (Å²) in [6, 6.07) is 9.01. The van der Waals surface area contributed by atoms with Gasteiger partial charge in [-0.15, -0.1) is 0 Å². The van der Waals surface area contributed by atoms with Crippen LogP contribution in [0.1, 0.15) is 38.2 Å². The van der Waals surface area contributed by atoms with E-state index in [4.69, 9.17) is 21.1 Å². The van der Waals surface area contributed by atoms with Crippen molar-refractivity contribution in [2.24, 2.45) is 4.99 Å². The van der Waals surface area contributed by atoms with Crippen LogP contribution < -0.4 is 19.5 Å². The van der Waals surface area contributed by atoms with E-state index >= 15 is 0 Å². The number of carbonyl (C=O) groups is 1. The molecule has 10 heteroatoms. The van der Waals surface area contributed by atoms with Crippen LogP contribution in [0.3, 0.4) is 0 Å². The van der Waals surface area contributed by atoms with Gasteiger partial charge in [0.2, 0.25) is 5.91 Å². The Morgan fingerprint density at radius 2 is 1.94 bits per heavy atom. The van der Waals surface area contributed by atoms with Crippen LogP contribution in [0.5, 0.6) is 11.5 Å². The topological polar surface area (TPSA) is 106 Å². The number of benzene rings is 2. The van der Waals surface area contributed by atoms with Gasteiger partial charge in [0.25, 0.3) is 10.0 Å². The fourth-order valence-corrected chi connectivity index (χ4v) is 4.97. The van der Waals surface area contributed by atoms with Gasteiger partial charge < -0.3 is 14.8 Å². The number of rotatable bonds is 6. The average Bonchev–Trinajstić information content (AvgIpc) is 2.90. The zero-order chi connectivity index (χ0) is 22.7. The summed E-state index contributed by atoms with van der Waals surface area (Å²) in [4.78, 5) is 17.8. The molecule has 1 amide bonds. The predicted octanol–water partition coefficient (Wildman–Crippen LogP) is 3.74. The lowest BCUT2D eigenvalue weighted by Gasteiger charge is -2.16. The zero-order valence-corrected chi connectivity index (χ0v) is 19.1. The molecule has 2 aliphatic rings. The van der Waals surface area contributed by atoms with Crippen molar-refractivity contribution in [3.63, 3.8) is 0 Å². The molecule has 1 atom stereocenters. The number of ether oxygens (including phenoxy) is 2. The monoisotopic (exact) mass is 477 g/mol. The van der Waals surface area contributed by atoms with Crippen molar-refractivity contribution in [2.75, 3.05) is 18.5 Å². The van der Waals surface area contributed by atoms with Crippen LogP contribution in [0.2, 0.25) is 5.02 Å². The van der Waals surface area contributed by atoms with Crippen LogP contribution in [0, 0.1) is 0 Å². The highest BCUT2D eigenvalue weighted by Gasteiger charge is 2.32. The summed E-state index contributed by atoms with van der Waals surface area (Å²) in [6.45, 7) is 3.05. The molecule has 0 aromatic heterocycles. The first-order valence-electron chi connectivity index (χ1n) is 10.5. The molecule has 1 unspecified atom stereocenters. The van der Waals surface area contributed by atoms with E-state index in [1.165, 1.54) is 6.07 Å².